The summed E-state index contributed by atoms with van der Waals surface area (Å²) in [5.74, 6) is 1.96. The van der Waals surface area contributed by atoms with Crippen LogP contribution in [0.15, 0.2) is 24.5 Å². The molecular formula is C13H13N5S. The van der Waals surface area contributed by atoms with Gasteiger partial charge < -0.3 is 5.32 Å². The Balaban J connectivity index is 2.21. The number of aromatic nitrogens is 4. The van der Waals surface area contributed by atoms with Crippen molar-refractivity contribution in [2.45, 2.75) is 13.8 Å². The van der Waals surface area contributed by atoms with E-state index in [0.29, 0.717) is 11.6 Å². The van der Waals surface area contributed by atoms with Gasteiger partial charge in [0.2, 0.25) is 5.82 Å². The van der Waals surface area contributed by atoms with Crippen molar-refractivity contribution in [3.8, 4) is 11.6 Å². The van der Waals surface area contributed by atoms with Crippen molar-refractivity contribution in [1.29, 1.82) is 0 Å². The number of thiophene rings is 1. The molecule has 0 saturated heterocycles. The highest BCUT2D eigenvalue weighted by Gasteiger charge is 2.12. The van der Waals surface area contributed by atoms with Crippen molar-refractivity contribution >= 4 is 27.4 Å². The summed E-state index contributed by atoms with van der Waals surface area (Å²) < 4.78 is 0. The van der Waals surface area contributed by atoms with Crippen LogP contribution in [-0.2, 0) is 0 Å². The molecule has 0 aliphatic carbocycles. The predicted octanol–water partition coefficient (Wildman–Crippen LogP) is 2.89. The largest absolute Gasteiger partial charge is 0.370 e. The fourth-order valence-corrected chi connectivity index (χ4v) is 2.74. The summed E-state index contributed by atoms with van der Waals surface area (Å²) >= 11 is 1.65. The smallest absolute Gasteiger partial charge is 0.201 e. The maximum absolute atomic E-state index is 4.55. The summed E-state index contributed by atoms with van der Waals surface area (Å²) in [6.45, 7) is 4.93. The fraction of sp³-hybridized carbons (Fsp3) is 0.231. The van der Waals surface area contributed by atoms with E-state index >= 15 is 0 Å². The fourth-order valence-electron chi connectivity index (χ4n) is 1.86. The number of rotatable bonds is 3. The van der Waals surface area contributed by atoms with Crippen molar-refractivity contribution in [3.05, 3.63) is 29.4 Å². The first-order valence-electron chi connectivity index (χ1n) is 6.07. The van der Waals surface area contributed by atoms with Gasteiger partial charge in [0.15, 0.2) is 5.82 Å². The van der Waals surface area contributed by atoms with Gasteiger partial charge in [-0.1, -0.05) is 0 Å². The molecule has 0 aliphatic heterocycles. The number of anilines is 1. The molecule has 0 unspecified atom stereocenters. The molecule has 0 spiro atoms. The van der Waals surface area contributed by atoms with Gasteiger partial charge in [0.1, 0.15) is 10.6 Å². The molecule has 3 heterocycles. The van der Waals surface area contributed by atoms with Gasteiger partial charge in [-0.25, -0.2) is 19.9 Å². The molecule has 0 saturated carbocycles. The van der Waals surface area contributed by atoms with E-state index in [0.717, 1.165) is 22.6 Å². The summed E-state index contributed by atoms with van der Waals surface area (Å²) in [4.78, 5) is 19.7. The lowest BCUT2D eigenvalue weighted by molar-refractivity contribution is 1.09. The third-order valence-corrected chi connectivity index (χ3v) is 3.57. The van der Waals surface area contributed by atoms with Crippen LogP contribution < -0.4 is 5.32 Å². The van der Waals surface area contributed by atoms with E-state index < -0.39 is 0 Å². The molecular weight excluding hydrogens is 258 g/mol. The Morgan fingerprint density at radius 2 is 1.95 bits per heavy atom. The van der Waals surface area contributed by atoms with Crippen LogP contribution in [0, 0.1) is 6.92 Å². The summed E-state index contributed by atoms with van der Waals surface area (Å²) in [6, 6.07) is 3.89. The van der Waals surface area contributed by atoms with E-state index in [4.69, 9.17) is 0 Å². The first-order valence-corrected chi connectivity index (χ1v) is 6.89. The van der Waals surface area contributed by atoms with E-state index in [9.17, 15) is 0 Å². The van der Waals surface area contributed by atoms with Gasteiger partial charge in [-0.2, -0.15) is 0 Å². The van der Waals surface area contributed by atoms with Crippen molar-refractivity contribution in [3.63, 3.8) is 0 Å². The van der Waals surface area contributed by atoms with Crippen LogP contribution in [-0.4, -0.2) is 26.5 Å². The van der Waals surface area contributed by atoms with Gasteiger partial charge in [0, 0.05) is 23.8 Å². The van der Waals surface area contributed by atoms with Crippen LogP contribution in [0.25, 0.3) is 21.9 Å². The molecule has 1 N–H and O–H groups in total. The van der Waals surface area contributed by atoms with Gasteiger partial charge in [0.25, 0.3) is 0 Å². The molecule has 3 aromatic rings. The van der Waals surface area contributed by atoms with Crippen LogP contribution in [0.4, 0.5) is 5.82 Å². The highest BCUT2D eigenvalue weighted by molar-refractivity contribution is 7.18. The van der Waals surface area contributed by atoms with Crippen molar-refractivity contribution in [1.82, 2.24) is 19.9 Å². The molecule has 0 aliphatic rings. The van der Waals surface area contributed by atoms with Crippen LogP contribution in [0.5, 0.6) is 0 Å². The molecule has 19 heavy (non-hydrogen) atoms. The van der Waals surface area contributed by atoms with Crippen LogP contribution in [0.1, 0.15) is 11.8 Å². The Morgan fingerprint density at radius 3 is 2.68 bits per heavy atom. The summed E-state index contributed by atoms with van der Waals surface area (Å²) in [5.41, 5.74) is 0. The topological polar surface area (TPSA) is 63.6 Å². The molecule has 5 nitrogen and oxygen atoms in total. The lowest BCUT2D eigenvalue weighted by Crippen LogP contribution is -2.03. The molecule has 3 rings (SSSR count). The second-order valence-corrected chi connectivity index (χ2v) is 5.31. The molecule has 0 bridgehead atoms. The Hall–Kier alpha value is -2.08. The third kappa shape index (κ3) is 2.26. The van der Waals surface area contributed by atoms with E-state index in [1.165, 1.54) is 4.88 Å². The molecule has 6 heteroatoms. The number of hydrogen-bond donors (Lipinski definition) is 1. The second kappa shape index (κ2) is 4.89. The quantitative estimate of drug-likeness (QED) is 0.793. The average Bonchev–Trinajstić information content (AvgIpc) is 2.80. The molecule has 3 aromatic heterocycles. The third-order valence-electron chi connectivity index (χ3n) is 2.63. The second-order valence-electron chi connectivity index (χ2n) is 4.07. The first-order chi connectivity index (χ1) is 9.28. The Bertz CT molecular complexity index is 708. The number of nitrogens with one attached hydrogen (secondary N) is 1. The van der Waals surface area contributed by atoms with Gasteiger partial charge in [0.05, 0.1) is 5.39 Å². The first kappa shape index (κ1) is 12.0. The highest BCUT2D eigenvalue weighted by Crippen LogP contribution is 2.29. The number of aryl methyl sites for hydroxylation is 1. The Labute approximate surface area is 114 Å². The monoisotopic (exact) mass is 271 g/mol. The zero-order valence-corrected chi connectivity index (χ0v) is 11.5. The van der Waals surface area contributed by atoms with Gasteiger partial charge >= 0.3 is 0 Å². The standard InChI is InChI=1S/C13H13N5S/c1-3-14-10-9-7-8(2)19-13(9)18-12(17-10)11-15-5-4-6-16-11/h4-7H,3H2,1-2H3,(H,14,17,18). The zero-order chi connectivity index (χ0) is 13.2. The van der Waals surface area contributed by atoms with E-state index in [1.54, 1.807) is 29.8 Å². The van der Waals surface area contributed by atoms with Crippen molar-refractivity contribution in [2.75, 3.05) is 11.9 Å². The molecule has 0 aromatic carbocycles. The average molecular weight is 271 g/mol. The maximum atomic E-state index is 4.55. The van der Waals surface area contributed by atoms with Crippen molar-refractivity contribution in [2.24, 2.45) is 0 Å². The molecule has 0 amide bonds. The summed E-state index contributed by atoms with van der Waals surface area (Å²) in [7, 11) is 0. The van der Waals surface area contributed by atoms with E-state index in [1.807, 2.05) is 6.92 Å². The minimum Gasteiger partial charge on any atom is -0.370 e. The van der Waals surface area contributed by atoms with Crippen LogP contribution in [0.3, 0.4) is 0 Å². The van der Waals surface area contributed by atoms with Crippen molar-refractivity contribution < 1.29 is 0 Å². The number of hydrogen-bond acceptors (Lipinski definition) is 6. The number of fused-ring (bicyclic) bond motifs is 1. The van der Waals surface area contributed by atoms with Gasteiger partial charge in [-0.3, -0.25) is 0 Å². The summed E-state index contributed by atoms with van der Waals surface area (Å²) in [5, 5.41) is 4.33. The van der Waals surface area contributed by atoms with Crippen LogP contribution in [0.2, 0.25) is 0 Å². The van der Waals surface area contributed by atoms with Gasteiger partial charge in [-0.15, -0.1) is 11.3 Å². The summed E-state index contributed by atoms with van der Waals surface area (Å²) in [6.07, 6.45) is 3.39. The van der Waals surface area contributed by atoms with Gasteiger partial charge in [-0.05, 0) is 26.0 Å². The number of nitrogens with zero attached hydrogens (tertiary/aromatic N) is 4. The lowest BCUT2D eigenvalue weighted by atomic mass is 10.3. The predicted molar refractivity (Wildman–Crippen MR) is 77.3 cm³/mol. The Morgan fingerprint density at radius 1 is 1.16 bits per heavy atom. The molecule has 96 valence electrons. The van der Waals surface area contributed by atoms with Crippen LogP contribution >= 0.6 is 11.3 Å². The van der Waals surface area contributed by atoms with E-state index in [-0.39, 0.29) is 0 Å². The molecule has 0 radical (unpaired) electrons. The lowest BCUT2D eigenvalue weighted by Gasteiger charge is -2.05. The molecule has 0 atom stereocenters. The van der Waals surface area contributed by atoms with E-state index in [2.05, 4.69) is 38.2 Å². The zero-order valence-electron chi connectivity index (χ0n) is 10.7. The molecule has 0 fully saturated rings. The minimum absolute atomic E-state index is 0.551. The minimum atomic E-state index is 0.551. The maximum Gasteiger partial charge on any atom is 0.201 e. The highest BCUT2D eigenvalue weighted by atomic mass is 32.1. The normalized spacial score (nSPS) is 10.8. The Kier molecular flexibility index (Phi) is 3.08. The SMILES string of the molecule is CCNc1nc(-c2ncccn2)nc2sc(C)cc12.